The predicted octanol–water partition coefficient (Wildman–Crippen LogP) is 0.768. The van der Waals surface area contributed by atoms with Crippen molar-refractivity contribution in [2.45, 2.75) is 18.2 Å². The van der Waals surface area contributed by atoms with Crippen molar-refractivity contribution in [2.75, 3.05) is 31.5 Å². The molecule has 1 saturated heterocycles. The van der Waals surface area contributed by atoms with Crippen molar-refractivity contribution < 1.29 is 17.6 Å². The van der Waals surface area contributed by atoms with E-state index in [1.807, 2.05) is 0 Å². The maximum absolute atomic E-state index is 13.6. The van der Waals surface area contributed by atoms with Crippen LogP contribution in [0, 0.1) is 5.82 Å². The van der Waals surface area contributed by atoms with Gasteiger partial charge in [-0.05, 0) is 31.2 Å². The summed E-state index contributed by atoms with van der Waals surface area (Å²) in [6, 6.07) is 3.42. The molecule has 2 N–H and O–H groups in total. The van der Waals surface area contributed by atoms with Gasteiger partial charge in [0.2, 0.25) is 15.9 Å². The summed E-state index contributed by atoms with van der Waals surface area (Å²) in [5, 5.41) is 5.42. The first-order valence-electron chi connectivity index (χ1n) is 6.69. The number of nitrogens with zero attached hydrogens (tertiary/aromatic N) is 1. The Labute approximate surface area is 123 Å². The summed E-state index contributed by atoms with van der Waals surface area (Å²) in [6.45, 7) is 3.38. The molecular formula is C13H18FN3O3S. The second kappa shape index (κ2) is 6.50. The third-order valence-electron chi connectivity index (χ3n) is 3.19. The van der Waals surface area contributed by atoms with Crippen LogP contribution >= 0.6 is 0 Å². The number of amides is 1. The molecule has 1 fully saturated rings. The fourth-order valence-corrected chi connectivity index (χ4v) is 3.67. The van der Waals surface area contributed by atoms with E-state index in [9.17, 15) is 17.6 Å². The minimum Gasteiger partial charge on any atom is -0.324 e. The molecule has 2 rings (SSSR count). The predicted molar refractivity (Wildman–Crippen MR) is 76.9 cm³/mol. The van der Waals surface area contributed by atoms with Gasteiger partial charge in [0.15, 0.2) is 0 Å². The molecule has 0 aromatic heterocycles. The number of carbonyl (C=O) groups excluding carboxylic acids is 1. The number of nitrogens with one attached hydrogen (secondary N) is 2. The van der Waals surface area contributed by atoms with Crippen LogP contribution in [-0.4, -0.2) is 44.8 Å². The summed E-state index contributed by atoms with van der Waals surface area (Å²) in [5.74, 6) is -1.12. The number of carbonyl (C=O) groups is 1. The van der Waals surface area contributed by atoms with Gasteiger partial charge >= 0.3 is 0 Å². The number of hydrogen-bond donors (Lipinski definition) is 2. The van der Waals surface area contributed by atoms with Crippen molar-refractivity contribution in [1.29, 1.82) is 0 Å². The Kier molecular flexibility index (Phi) is 4.92. The van der Waals surface area contributed by atoms with Gasteiger partial charge in [-0.25, -0.2) is 12.8 Å². The quantitative estimate of drug-likeness (QED) is 0.863. The van der Waals surface area contributed by atoms with Gasteiger partial charge in [-0.1, -0.05) is 0 Å². The van der Waals surface area contributed by atoms with Crippen LogP contribution in [0.15, 0.2) is 23.1 Å². The third-order valence-corrected chi connectivity index (χ3v) is 5.08. The van der Waals surface area contributed by atoms with Gasteiger partial charge in [0.25, 0.3) is 0 Å². The van der Waals surface area contributed by atoms with Crippen molar-refractivity contribution in [3.8, 4) is 0 Å². The van der Waals surface area contributed by atoms with Crippen LogP contribution in [0.25, 0.3) is 0 Å². The Balaban J connectivity index is 2.33. The molecule has 0 unspecified atom stereocenters. The van der Waals surface area contributed by atoms with Crippen LogP contribution in [0.2, 0.25) is 0 Å². The molecule has 0 atom stereocenters. The van der Waals surface area contributed by atoms with E-state index in [4.69, 9.17) is 0 Å². The standard InChI is InChI=1S/C13H18FN3O3S/c1-10(18)16-13-9-11(3-4-12(13)14)21(19,20)17-7-2-5-15-6-8-17/h3-4,9,15H,2,5-8H2,1H3,(H,16,18). The number of anilines is 1. The summed E-state index contributed by atoms with van der Waals surface area (Å²) in [5.41, 5.74) is -0.128. The largest absolute Gasteiger partial charge is 0.324 e. The lowest BCUT2D eigenvalue weighted by Gasteiger charge is -2.20. The van der Waals surface area contributed by atoms with E-state index in [-0.39, 0.29) is 10.6 Å². The molecule has 1 aromatic rings. The molecule has 8 heteroatoms. The zero-order chi connectivity index (χ0) is 15.5. The SMILES string of the molecule is CC(=O)Nc1cc(S(=O)(=O)N2CCCNCC2)ccc1F. The Morgan fingerprint density at radius 1 is 1.33 bits per heavy atom. The molecule has 116 valence electrons. The normalized spacial score (nSPS) is 17.2. The van der Waals surface area contributed by atoms with Gasteiger partial charge in [-0.15, -0.1) is 0 Å². The van der Waals surface area contributed by atoms with E-state index in [2.05, 4.69) is 10.6 Å². The van der Waals surface area contributed by atoms with E-state index in [1.54, 1.807) is 0 Å². The molecular weight excluding hydrogens is 297 g/mol. The van der Waals surface area contributed by atoms with Crippen molar-refractivity contribution >= 4 is 21.6 Å². The molecule has 1 heterocycles. The zero-order valence-corrected chi connectivity index (χ0v) is 12.5. The molecule has 6 nitrogen and oxygen atoms in total. The Morgan fingerprint density at radius 3 is 2.81 bits per heavy atom. The van der Waals surface area contributed by atoms with Crippen LogP contribution < -0.4 is 10.6 Å². The van der Waals surface area contributed by atoms with Crippen LogP contribution in [0.4, 0.5) is 10.1 Å². The molecule has 0 saturated carbocycles. The average molecular weight is 315 g/mol. The van der Waals surface area contributed by atoms with Gasteiger partial charge in [0.05, 0.1) is 10.6 Å². The van der Waals surface area contributed by atoms with Gasteiger partial charge < -0.3 is 10.6 Å². The second-order valence-corrected chi connectivity index (χ2v) is 6.77. The summed E-state index contributed by atoms with van der Waals surface area (Å²) in [7, 11) is -3.69. The molecule has 1 aromatic carbocycles. The zero-order valence-electron chi connectivity index (χ0n) is 11.7. The highest BCUT2D eigenvalue weighted by atomic mass is 32.2. The maximum atomic E-state index is 13.6. The van der Waals surface area contributed by atoms with Crippen LogP contribution in [0.1, 0.15) is 13.3 Å². The minimum absolute atomic E-state index is 0.0189. The first-order valence-corrected chi connectivity index (χ1v) is 8.13. The first kappa shape index (κ1) is 15.9. The Hall–Kier alpha value is -1.51. The summed E-state index contributed by atoms with van der Waals surface area (Å²) in [4.78, 5) is 11.0. The molecule has 21 heavy (non-hydrogen) atoms. The molecule has 1 aliphatic rings. The lowest BCUT2D eigenvalue weighted by molar-refractivity contribution is -0.114. The molecule has 1 aliphatic heterocycles. The van der Waals surface area contributed by atoms with E-state index in [0.29, 0.717) is 19.6 Å². The summed E-state index contributed by atoms with van der Waals surface area (Å²) >= 11 is 0. The molecule has 0 aliphatic carbocycles. The van der Waals surface area contributed by atoms with Crippen molar-refractivity contribution in [1.82, 2.24) is 9.62 Å². The van der Waals surface area contributed by atoms with Crippen molar-refractivity contribution in [2.24, 2.45) is 0 Å². The number of halogens is 1. The molecule has 1 amide bonds. The number of sulfonamides is 1. The van der Waals surface area contributed by atoms with E-state index < -0.39 is 21.7 Å². The van der Waals surface area contributed by atoms with Gasteiger partial charge in [0, 0.05) is 26.6 Å². The van der Waals surface area contributed by atoms with Gasteiger partial charge in [-0.2, -0.15) is 4.31 Å². The summed E-state index contributed by atoms with van der Waals surface area (Å²) < 4.78 is 40.1. The average Bonchev–Trinajstić information content (AvgIpc) is 2.70. The van der Waals surface area contributed by atoms with Crippen molar-refractivity contribution in [3.63, 3.8) is 0 Å². The highest BCUT2D eigenvalue weighted by Crippen LogP contribution is 2.23. The second-order valence-electron chi connectivity index (χ2n) is 4.83. The molecule has 0 radical (unpaired) electrons. The fraction of sp³-hybridized carbons (Fsp3) is 0.462. The highest BCUT2D eigenvalue weighted by Gasteiger charge is 2.25. The van der Waals surface area contributed by atoms with E-state index in [1.165, 1.54) is 17.3 Å². The van der Waals surface area contributed by atoms with Crippen LogP contribution in [0.5, 0.6) is 0 Å². The number of hydrogen-bond acceptors (Lipinski definition) is 4. The Morgan fingerprint density at radius 2 is 2.10 bits per heavy atom. The van der Waals surface area contributed by atoms with Gasteiger partial charge in [0.1, 0.15) is 5.82 Å². The first-order chi connectivity index (χ1) is 9.91. The van der Waals surface area contributed by atoms with Gasteiger partial charge in [-0.3, -0.25) is 4.79 Å². The minimum atomic E-state index is -3.69. The van der Waals surface area contributed by atoms with Crippen LogP contribution in [-0.2, 0) is 14.8 Å². The number of rotatable bonds is 3. The lowest BCUT2D eigenvalue weighted by atomic mass is 10.3. The van der Waals surface area contributed by atoms with Crippen molar-refractivity contribution in [3.05, 3.63) is 24.0 Å². The smallest absolute Gasteiger partial charge is 0.243 e. The topological polar surface area (TPSA) is 78.5 Å². The highest BCUT2D eigenvalue weighted by molar-refractivity contribution is 7.89. The third kappa shape index (κ3) is 3.78. The summed E-state index contributed by atoms with van der Waals surface area (Å²) in [6.07, 6.45) is 0.721. The number of benzene rings is 1. The molecule has 0 bridgehead atoms. The maximum Gasteiger partial charge on any atom is 0.243 e. The van der Waals surface area contributed by atoms with E-state index >= 15 is 0 Å². The van der Waals surface area contributed by atoms with Crippen LogP contribution in [0.3, 0.4) is 0 Å². The Bertz CT molecular complexity index is 626. The monoisotopic (exact) mass is 315 g/mol. The van der Waals surface area contributed by atoms with E-state index in [0.717, 1.165) is 25.1 Å². The lowest BCUT2D eigenvalue weighted by Crippen LogP contribution is -2.34. The fourth-order valence-electron chi connectivity index (χ4n) is 2.16. The molecule has 0 spiro atoms.